The number of hydrogen-bond donors (Lipinski definition) is 2. The van der Waals surface area contributed by atoms with Crippen molar-refractivity contribution in [1.82, 2.24) is 4.31 Å². The Morgan fingerprint density at radius 2 is 1.55 bits per heavy atom. The molecular weight excluding hydrogens is 441 g/mol. The molecule has 2 N–H and O–H groups in total. The second-order valence-corrected chi connectivity index (χ2v) is 10.0. The van der Waals surface area contributed by atoms with Crippen LogP contribution in [-0.2, 0) is 14.8 Å². The summed E-state index contributed by atoms with van der Waals surface area (Å²) >= 11 is 0. The number of halogens is 1. The van der Waals surface area contributed by atoms with E-state index in [4.69, 9.17) is 0 Å². The minimum atomic E-state index is -3.90. The highest BCUT2D eigenvalue weighted by Gasteiger charge is 2.35. The zero-order valence-corrected chi connectivity index (χ0v) is 19.2. The van der Waals surface area contributed by atoms with E-state index in [1.54, 1.807) is 0 Å². The van der Waals surface area contributed by atoms with Crippen LogP contribution in [0.25, 0.3) is 11.1 Å². The predicted octanol–water partition coefficient (Wildman–Crippen LogP) is 2.41. The Morgan fingerprint density at radius 1 is 0.939 bits per heavy atom. The fourth-order valence-electron chi connectivity index (χ4n) is 4.13. The lowest BCUT2D eigenvalue weighted by Crippen LogP contribution is -3.19. The lowest BCUT2D eigenvalue weighted by molar-refractivity contribution is -0.917. The van der Waals surface area contributed by atoms with E-state index in [0.717, 1.165) is 27.8 Å². The third-order valence-corrected chi connectivity index (χ3v) is 8.03. The number of anilines is 1. The number of benzene rings is 3. The third kappa shape index (κ3) is 4.98. The second-order valence-electron chi connectivity index (χ2n) is 8.12. The van der Waals surface area contributed by atoms with Crippen molar-refractivity contribution in [3.05, 3.63) is 84.7 Å². The van der Waals surface area contributed by atoms with Crippen LogP contribution < -0.4 is 10.2 Å². The summed E-state index contributed by atoms with van der Waals surface area (Å²) in [7, 11) is -3.90. The summed E-state index contributed by atoms with van der Waals surface area (Å²) in [5.41, 5.74) is 2.69. The van der Waals surface area contributed by atoms with Crippen molar-refractivity contribution in [2.24, 2.45) is 0 Å². The first-order valence-electron chi connectivity index (χ1n) is 10.9. The van der Waals surface area contributed by atoms with E-state index in [9.17, 15) is 17.6 Å². The Hall–Kier alpha value is -3.07. The van der Waals surface area contributed by atoms with E-state index in [1.165, 1.54) is 22.5 Å². The Kier molecular flexibility index (Phi) is 6.88. The molecule has 4 rings (SSSR count). The molecule has 0 bridgehead atoms. The number of sulfonamides is 1. The normalized spacial score (nSPS) is 16.3. The molecule has 1 aliphatic heterocycles. The Labute approximate surface area is 193 Å². The number of nitrogens with one attached hydrogen (secondary N) is 2. The van der Waals surface area contributed by atoms with Gasteiger partial charge >= 0.3 is 0 Å². The highest BCUT2D eigenvalue weighted by atomic mass is 32.2. The molecule has 1 atom stereocenters. The second kappa shape index (κ2) is 9.82. The summed E-state index contributed by atoms with van der Waals surface area (Å²) in [4.78, 5) is 13.7. The van der Waals surface area contributed by atoms with E-state index in [0.29, 0.717) is 13.1 Å². The maximum atomic E-state index is 14.0. The molecule has 0 unspecified atom stereocenters. The highest BCUT2D eigenvalue weighted by Crippen LogP contribution is 2.27. The molecule has 0 saturated carbocycles. The molecule has 3 aromatic rings. The van der Waals surface area contributed by atoms with Gasteiger partial charge in [0.05, 0.1) is 26.2 Å². The number of para-hydroxylation sites is 1. The average Bonchev–Trinajstić information content (AvgIpc) is 2.84. The Balaban J connectivity index is 1.41. The summed E-state index contributed by atoms with van der Waals surface area (Å²) in [6, 6.07) is 22.5. The van der Waals surface area contributed by atoms with Gasteiger partial charge in [0, 0.05) is 11.3 Å². The number of piperazine rings is 1. The van der Waals surface area contributed by atoms with Gasteiger partial charge in [0.2, 0.25) is 10.0 Å². The van der Waals surface area contributed by atoms with Crippen molar-refractivity contribution in [2.45, 2.75) is 17.9 Å². The fraction of sp³-hybridized carbons (Fsp3) is 0.240. The van der Waals surface area contributed by atoms with Crippen molar-refractivity contribution in [2.75, 3.05) is 31.5 Å². The predicted molar refractivity (Wildman–Crippen MR) is 126 cm³/mol. The van der Waals surface area contributed by atoms with Crippen molar-refractivity contribution in [1.29, 1.82) is 0 Å². The fourth-order valence-corrected chi connectivity index (χ4v) is 5.63. The summed E-state index contributed by atoms with van der Waals surface area (Å²) < 4.78 is 41.0. The van der Waals surface area contributed by atoms with E-state index < -0.39 is 15.8 Å². The van der Waals surface area contributed by atoms with Gasteiger partial charge in [-0.2, -0.15) is 4.31 Å². The van der Waals surface area contributed by atoms with Crippen molar-refractivity contribution >= 4 is 21.6 Å². The maximum absolute atomic E-state index is 14.0. The van der Waals surface area contributed by atoms with Crippen LogP contribution >= 0.6 is 0 Å². The molecule has 0 aliphatic carbocycles. The number of rotatable bonds is 6. The van der Waals surface area contributed by atoms with Gasteiger partial charge in [-0.1, -0.05) is 60.7 Å². The number of amides is 1. The van der Waals surface area contributed by atoms with Gasteiger partial charge in [0.15, 0.2) is 6.04 Å². The standard InChI is InChI=1S/C25H26FN3O3S/c1-19(25(30)27-23-13-7-5-11-21(23)20-9-3-2-4-10-20)28-15-17-29(18-16-28)33(31,32)24-14-8-6-12-22(24)26/h2-14,19H,15-18H2,1H3,(H,27,30)/p+1/t19-/m0/s1. The van der Waals surface area contributed by atoms with Crippen LogP contribution in [0.15, 0.2) is 83.8 Å². The molecule has 1 saturated heterocycles. The smallest absolute Gasteiger partial charge is 0.282 e. The van der Waals surface area contributed by atoms with Crippen LogP contribution in [0.4, 0.5) is 10.1 Å². The van der Waals surface area contributed by atoms with Gasteiger partial charge in [-0.05, 0) is 30.7 Å². The first kappa shape index (κ1) is 23.1. The largest absolute Gasteiger partial charge is 0.323 e. The molecule has 33 heavy (non-hydrogen) atoms. The molecule has 0 radical (unpaired) electrons. The van der Waals surface area contributed by atoms with E-state index in [-0.39, 0.29) is 29.9 Å². The van der Waals surface area contributed by atoms with Gasteiger partial charge < -0.3 is 10.2 Å². The minimum Gasteiger partial charge on any atom is -0.323 e. The number of quaternary nitrogens is 1. The Bertz CT molecular complexity index is 1230. The van der Waals surface area contributed by atoms with Crippen molar-refractivity contribution < 1.29 is 22.5 Å². The van der Waals surface area contributed by atoms with Crippen molar-refractivity contribution in [3.8, 4) is 11.1 Å². The third-order valence-electron chi connectivity index (χ3n) is 6.09. The zero-order chi connectivity index (χ0) is 23.4. The van der Waals surface area contributed by atoms with Gasteiger partial charge in [-0.15, -0.1) is 0 Å². The average molecular weight is 469 g/mol. The zero-order valence-electron chi connectivity index (χ0n) is 18.4. The molecule has 8 heteroatoms. The summed E-state index contributed by atoms with van der Waals surface area (Å²) in [6.45, 7) is 3.22. The molecule has 1 aliphatic rings. The quantitative estimate of drug-likeness (QED) is 0.584. The molecular formula is C25H27FN3O3S+. The summed E-state index contributed by atoms with van der Waals surface area (Å²) in [6.07, 6.45) is 0. The SMILES string of the molecule is C[C@@H](C(=O)Nc1ccccc1-c1ccccc1)[NH+]1CCN(S(=O)(=O)c2ccccc2F)CC1. The van der Waals surface area contributed by atoms with Crippen LogP contribution in [0.3, 0.4) is 0 Å². The van der Waals surface area contributed by atoms with Crippen LogP contribution in [-0.4, -0.2) is 50.9 Å². The van der Waals surface area contributed by atoms with E-state index in [1.807, 2.05) is 61.5 Å². The lowest BCUT2D eigenvalue weighted by atomic mass is 10.0. The molecule has 3 aromatic carbocycles. The van der Waals surface area contributed by atoms with Gasteiger partial charge in [0.25, 0.3) is 5.91 Å². The van der Waals surface area contributed by atoms with Crippen molar-refractivity contribution in [3.63, 3.8) is 0 Å². The molecule has 172 valence electrons. The van der Waals surface area contributed by atoms with Gasteiger partial charge in [-0.25, -0.2) is 12.8 Å². The summed E-state index contributed by atoms with van der Waals surface area (Å²) in [5.74, 6) is -0.879. The van der Waals surface area contributed by atoms with E-state index in [2.05, 4.69) is 5.32 Å². The van der Waals surface area contributed by atoms with Gasteiger partial charge in [-0.3, -0.25) is 4.79 Å². The minimum absolute atomic E-state index is 0.126. The van der Waals surface area contributed by atoms with Crippen LogP contribution in [0.5, 0.6) is 0 Å². The molecule has 1 amide bonds. The maximum Gasteiger partial charge on any atom is 0.282 e. The molecule has 1 fully saturated rings. The first-order valence-corrected chi connectivity index (χ1v) is 12.4. The monoisotopic (exact) mass is 468 g/mol. The van der Waals surface area contributed by atoms with Crippen LogP contribution in [0.2, 0.25) is 0 Å². The van der Waals surface area contributed by atoms with Crippen LogP contribution in [0, 0.1) is 5.82 Å². The van der Waals surface area contributed by atoms with E-state index >= 15 is 0 Å². The van der Waals surface area contributed by atoms with Gasteiger partial charge in [0.1, 0.15) is 10.7 Å². The molecule has 1 heterocycles. The highest BCUT2D eigenvalue weighted by molar-refractivity contribution is 7.89. The number of hydrogen-bond acceptors (Lipinski definition) is 3. The number of carbonyl (C=O) groups excluding carboxylic acids is 1. The molecule has 6 nitrogen and oxygen atoms in total. The summed E-state index contributed by atoms with van der Waals surface area (Å²) in [5, 5.41) is 3.04. The molecule has 0 aromatic heterocycles. The molecule has 0 spiro atoms. The Morgan fingerprint density at radius 3 is 2.24 bits per heavy atom. The number of carbonyl (C=O) groups is 1. The lowest BCUT2D eigenvalue weighted by Gasteiger charge is -2.34. The van der Waals surface area contributed by atoms with Crippen LogP contribution in [0.1, 0.15) is 6.92 Å². The number of nitrogens with zero attached hydrogens (tertiary/aromatic N) is 1. The first-order chi connectivity index (χ1) is 15.9. The topological polar surface area (TPSA) is 70.9 Å².